The first kappa shape index (κ1) is 14.4. The summed E-state index contributed by atoms with van der Waals surface area (Å²) in [6.45, 7) is 0.261. The Labute approximate surface area is 128 Å². The standard InChI is InChI=1S/C18H15NO3/c1-19(2)10-16(20)11-7-8-14-15(9-11)18(22)13-6-4-3-5-12(13)17(14)21/h3-9H,10H2,1-2H3. The summed E-state index contributed by atoms with van der Waals surface area (Å²) in [6.07, 6.45) is 0. The zero-order chi connectivity index (χ0) is 15.9. The summed E-state index contributed by atoms with van der Waals surface area (Å²) in [5, 5.41) is 0. The Kier molecular flexibility index (Phi) is 3.47. The van der Waals surface area contributed by atoms with Gasteiger partial charge in [-0.25, -0.2) is 0 Å². The third-order valence-corrected chi connectivity index (χ3v) is 3.71. The normalized spacial score (nSPS) is 13.0. The zero-order valence-corrected chi connectivity index (χ0v) is 12.4. The second-order valence-corrected chi connectivity index (χ2v) is 5.63. The molecule has 0 spiro atoms. The van der Waals surface area contributed by atoms with Gasteiger partial charge in [-0.3, -0.25) is 14.4 Å². The Bertz CT molecular complexity index is 806. The van der Waals surface area contributed by atoms with E-state index in [2.05, 4.69) is 0 Å². The van der Waals surface area contributed by atoms with Crippen LogP contribution in [0.4, 0.5) is 0 Å². The minimum atomic E-state index is -0.204. The quantitative estimate of drug-likeness (QED) is 0.695. The maximum Gasteiger partial charge on any atom is 0.194 e. The molecule has 1 aliphatic carbocycles. The van der Waals surface area contributed by atoms with Gasteiger partial charge < -0.3 is 4.90 Å². The van der Waals surface area contributed by atoms with E-state index in [0.29, 0.717) is 27.8 Å². The van der Waals surface area contributed by atoms with E-state index in [1.54, 1.807) is 55.4 Å². The van der Waals surface area contributed by atoms with Crippen LogP contribution in [0.5, 0.6) is 0 Å². The maximum atomic E-state index is 12.6. The van der Waals surface area contributed by atoms with Crippen LogP contribution < -0.4 is 0 Å². The fraction of sp³-hybridized carbons (Fsp3) is 0.167. The largest absolute Gasteiger partial charge is 0.302 e. The van der Waals surface area contributed by atoms with Crippen LogP contribution >= 0.6 is 0 Å². The molecule has 0 radical (unpaired) electrons. The molecule has 1 aliphatic rings. The molecular formula is C18H15NO3. The Morgan fingerprint density at radius 3 is 2.00 bits per heavy atom. The van der Waals surface area contributed by atoms with E-state index in [9.17, 15) is 14.4 Å². The van der Waals surface area contributed by atoms with Gasteiger partial charge in [0.1, 0.15) is 0 Å². The molecule has 4 nitrogen and oxygen atoms in total. The SMILES string of the molecule is CN(C)CC(=O)c1ccc2c(c1)C(=O)c1ccccc1C2=O. The lowest BCUT2D eigenvalue weighted by atomic mass is 9.83. The monoisotopic (exact) mass is 293 g/mol. The van der Waals surface area contributed by atoms with Crippen molar-refractivity contribution in [3.63, 3.8) is 0 Å². The van der Waals surface area contributed by atoms with Crippen molar-refractivity contribution in [3.8, 4) is 0 Å². The number of carbonyl (C=O) groups is 3. The summed E-state index contributed by atoms with van der Waals surface area (Å²) < 4.78 is 0. The Morgan fingerprint density at radius 1 is 0.864 bits per heavy atom. The average Bonchev–Trinajstić information content (AvgIpc) is 2.51. The van der Waals surface area contributed by atoms with E-state index in [1.165, 1.54) is 6.07 Å². The van der Waals surface area contributed by atoms with Crippen LogP contribution in [0.1, 0.15) is 42.2 Å². The van der Waals surface area contributed by atoms with E-state index in [0.717, 1.165) is 0 Å². The van der Waals surface area contributed by atoms with Crippen LogP contribution in [0.25, 0.3) is 0 Å². The van der Waals surface area contributed by atoms with Crippen molar-refractivity contribution in [3.05, 3.63) is 70.3 Å². The van der Waals surface area contributed by atoms with Crippen molar-refractivity contribution in [2.75, 3.05) is 20.6 Å². The van der Waals surface area contributed by atoms with Crippen LogP contribution in [0, 0.1) is 0 Å². The molecule has 0 atom stereocenters. The molecule has 3 rings (SSSR count). The number of carbonyl (C=O) groups excluding carboxylic acids is 3. The van der Waals surface area contributed by atoms with Gasteiger partial charge in [0.05, 0.1) is 6.54 Å². The average molecular weight is 293 g/mol. The third kappa shape index (κ3) is 2.27. The Morgan fingerprint density at radius 2 is 1.41 bits per heavy atom. The van der Waals surface area contributed by atoms with Crippen molar-refractivity contribution in [2.24, 2.45) is 0 Å². The first-order valence-corrected chi connectivity index (χ1v) is 6.99. The highest BCUT2D eigenvalue weighted by Crippen LogP contribution is 2.27. The van der Waals surface area contributed by atoms with Crippen LogP contribution in [-0.4, -0.2) is 42.9 Å². The molecule has 22 heavy (non-hydrogen) atoms. The molecule has 0 saturated heterocycles. The molecule has 0 aromatic heterocycles. The highest BCUT2D eigenvalue weighted by molar-refractivity contribution is 6.28. The molecule has 110 valence electrons. The molecule has 0 saturated carbocycles. The van der Waals surface area contributed by atoms with Crippen LogP contribution in [0.2, 0.25) is 0 Å². The van der Waals surface area contributed by atoms with Crippen molar-refractivity contribution in [1.82, 2.24) is 4.90 Å². The van der Waals surface area contributed by atoms with E-state index in [1.807, 2.05) is 0 Å². The van der Waals surface area contributed by atoms with Gasteiger partial charge in [0.25, 0.3) is 0 Å². The molecule has 0 bridgehead atoms. The molecule has 0 fully saturated rings. The van der Waals surface area contributed by atoms with Crippen LogP contribution in [-0.2, 0) is 0 Å². The molecule has 4 heteroatoms. The highest BCUT2D eigenvalue weighted by Gasteiger charge is 2.29. The predicted molar refractivity (Wildman–Crippen MR) is 82.6 cm³/mol. The highest BCUT2D eigenvalue weighted by atomic mass is 16.1. The van der Waals surface area contributed by atoms with Crippen LogP contribution in [0.15, 0.2) is 42.5 Å². The lowest BCUT2D eigenvalue weighted by molar-refractivity contribution is 0.0955. The molecule has 0 aliphatic heterocycles. The fourth-order valence-corrected chi connectivity index (χ4v) is 2.65. The summed E-state index contributed by atoms with van der Waals surface area (Å²) in [6, 6.07) is 11.5. The van der Waals surface area contributed by atoms with Crippen molar-refractivity contribution in [1.29, 1.82) is 0 Å². The predicted octanol–water partition coefficient (Wildman–Crippen LogP) is 2.21. The number of rotatable bonds is 3. The third-order valence-electron chi connectivity index (χ3n) is 3.71. The van der Waals surface area contributed by atoms with Gasteiger partial charge in [-0.15, -0.1) is 0 Å². The molecule has 0 unspecified atom stereocenters. The number of Topliss-reactive ketones (excluding diaryl/α,β-unsaturated/α-hetero) is 1. The lowest BCUT2D eigenvalue weighted by Gasteiger charge is -2.18. The molecule has 0 heterocycles. The molecular weight excluding hydrogens is 278 g/mol. The number of fused-ring (bicyclic) bond motifs is 2. The summed E-state index contributed by atoms with van der Waals surface area (Å²) in [4.78, 5) is 38.9. The van der Waals surface area contributed by atoms with Gasteiger partial charge >= 0.3 is 0 Å². The lowest BCUT2D eigenvalue weighted by Crippen LogP contribution is -2.24. The second kappa shape index (κ2) is 5.31. The number of hydrogen-bond acceptors (Lipinski definition) is 4. The molecule has 0 amide bonds. The number of likely N-dealkylation sites (N-methyl/N-ethyl adjacent to an activating group) is 1. The number of benzene rings is 2. The molecule has 2 aromatic carbocycles. The summed E-state index contributed by atoms with van der Waals surface area (Å²) >= 11 is 0. The maximum absolute atomic E-state index is 12.6. The molecule has 2 aromatic rings. The topological polar surface area (TPSA) is 54.5 Å². The van der Waals surface area contributed by atoms with E-state index < -0.39 is 0 Å². The number of nitrogens with zero attached hydrogens (tertiary/aromatic N) is 1. The molecule has 0 N–H and O–H groups in total. The van der Waals surface area contributed by atoms with Gasteiger partial charge in [0.15, 0.2) is 17.3 Å². The Balaban J connectivity index is 2.08. The summed E-state index contributed by atoms with van der Waals surface area (Å²) in [7, 11) is 3.61. The summed E-state index contributed by atoms with van der Waals surface area (Å²) in [5.41, 5.74) is 1.95. The smallest absolute Gasteiger partial charge is 0.194 e. The minimum absolute atomic E-state index is 0.0769. The van der Waals surface area contributed by atoms with E-state index >= 15 is 0 Å². The van der Waals surface area contributed by atoms with Gasteiger partial charge in [0, 0.05) is 27.8 Å². The first-order valence-electron chi connectivity index (χ1n) is 6.99. The van der Waals surface area contributed by atoms with Crippen molar-refractivity contribution in [2.45, 2.75) is 0 Å². The second-order valence-electron chi connectivity index (χ2n) is 5.63. The Hall–Kier alpha value is -2.59. The van der Waals surface area contributed by atoms with Gasteiger partial charge in [-0.2, -0.15) is 0 Å². The van der Waals surface area contributed by atoms with Gasteiger partial charge in [0.2, 0.25) is 0 Å². The van der Waals surface area contributed by atoms with Gasteiger partial charge in [-0.1, -0.05) is 30.3 Å². The fourth-order valence-electron chi connectivity index (χ4n) is 2.65. The van der Waals surface area contributed by atoms with Crippen molar-refractivity contribution < 1.29 is 14.4 Å². The number of ketones is 3. The van der Waals surface area contributed by atoms with E-state index in [-0.39, 0.29) is 23.9 Å². The van der Waals surface area contributed by atoms with Gasteiger partial charge in [-0.05, 0) is 26.2 Å². The minimum Gasteiger partial charge on any atom is -0.302 e. The zero-order valence-electron chi connectivity index (χ0n) is 12.4. The number of hydrogen-bond donors (Lipinski definition) is 0. The first-order chi connectivity index (χ1) is 10.5. The van der Waals surface area contributed by atoms with E-state index in [4.69, 9.17) is 0 Å². The van der Waals surface area contributed by atoms with Crippen LogP contribution in [0.3, 0.4) is 0 Å². The summed E-state index contributed by atoms with van der Waals surface area (Å²) in [5.74, 6) is -0.451. The van der Waals surface area contributed by atoms with Crippen molar-refractivity contribution >= 4 is 17.3 Å².